The lowest BCUT2D eigenvalue weighted by molar-refractivity contribution is -0.113. The summed E-state index contributed by atoms with van der Waals surface area (Å²) in [6.45, 7) is 2.78. The van der Waals surface area contributed by atoms with Gasteiger partial charge in [-0.2, -0.15) is 0 Å². The highest BCUT2D eigenvalue weighted by atomic mass is 35.5. The Morgan fingerprint density at radius 2 is 1.74 bits per heavy atom. The Morgan fingerprint density at radius 3 is 2.47 bits per heavy atom. The van der Waals surface area contributed by atoms with Crippen LogP contribution in [-0.4, -0.2) is 22.7 Å². The van der Waals surface area contributed by atoms with E-state index in [0.29, 0.717) is 45.6 Å². The first-order valence-corrected chi connectivity index (χ1v) is 13.2. The molecule has 1 aromatic heterocycles. The summed E-state index contributed by atoms with van der Waals surface area (Å²) in [6, 6.07) is 28.1. The number of hydrogen-bond donors (Lipinski definition) is 0. The van der Waals surface area contributed by atoms with Gasteiger partial charge in [0, 0.05) is 11.2 Å². The average Bonchev–Trinajstić information content (AvgIpc) is 3.24. The van der Waals surface area contributed by atoms with Crippen LogP contribution in [0, 0.1) is 0 Å². The second kappa shape index (κ2) is 12.0. The largest absolute Gasteiger partial charge is 0.490 e. The minimum absolute atomic E-state index is 0.156. The van der Waals surface area contributed by atoms with Gasteiger partial charge >= 0.3 is 0 Å². The zero-order chi connectivity index (χ0) is 26.3. The van der Waals surface area contributed by atoms with Gasteiger partial charge in [-0.15, -0.1) is 0 Å². The Hall–Kier alpha value is -4.07. The molecule has 4 aromatic rings. The summed E-state index contributed by atoms with van der Waals surface area (Å²) < 4.78 is 11.9. The number of carbonyl (C=O) groups is 1. The number of thioether (sulfide) groups is 1. The fourth-order valence-electron chi connectivity index (χ4n) is 3.77. The van der Waals surface area contributed by atoms with Crippen molar-refractivity contribution in [2.45, 2.75) is 13.5 Å². The first-order valence-electron chi connectivity index (χ1n) is 12.0. The number of anilines is 1. The van der Waals surface area contributed by atoms with Crippen LogP contribution in [0.1, 0.15) is 18.1 Å². The van der Waals surface area contributed by atoms with Gasteiger partial charge in [-0.05, 0) is 84.4 Å². The maximum Gasteiger partial charge on any atom is 0.271 e. The van der Waals surface area contributed by atoms with Crippen molar-refractivity contribution in [3.8, 4) is 11.5 Å². The molecule has 1 fully saturated rings. The van der Waals surface area contributed by atoms with Crippen LogP contribution < -0.4 is 14.4 Å². The second-order valence-corrected chi connectivity index (χ2v) is 9.67. The molecule has 38 heavy (non-hydrogen) atoms. The molecule has 8 heteroatoms. The number of ether oxygens (including phenoxy) is 2. The lowest BCUT2D eigenvalue weighted by Crippen LogP contribution is -2.28. The van der Waals surface area contributed by atoms with Gasteiger partial charge in [0.2, 0.25) is 0 Å². The van der Waals surface area contributed by atoms with Crippen molar-refractivity contribution in [2.75, 3.05) is 11.5 Å². The van der Waals surface area contributed by atoms with E-state index in [1.165, 1.54) is 11.8 Å². The summed E-state index contributed by atoms with van der Waals surface area (Å²) in [5.74, 6) is 1.61. The lowest BCUT2D eigenvalue weighted by atomic mass is 10.1. The molecule has 0 unspecified atom stereocenters. The Labute approximate surface area is 230 Å². The van der Waals surface area contributed by atoms with E-state index in [1.807, 2.05) is 97.9 Å². The van der Waals surface area contributed by atoms with Crippen LogP contribution in [0.15, 0.2) is 107 Å². The molecular weight excluding hydrogens is 518 g/mol. The van der Waals surface area contributed by atoms with Gasteiger partial charge in [-0.3, -0.25) is 9.69 Å². The minimum Gasteiger partial charge on any atom is -0.490 e. The Morgan fingerprint density at radius 1 is 0.947 bits per heavy atom. The number of benzene rings is 3. The van der Waals surface area contributed by atoms with E-state index in [-0.39, 0.29) is 5.91 Å². The van der Waals surface area contributed by atoms with Crippen LogP contribution in [-0.2, 0) is 11.4 Å². The highest BCUT2D eigenvalue weighted by molar-refractivity contribution is 8.19. The van der Waals surface area contributed by atoms with Crippen molar-refractivity contribution in [1.29, 1.82) is 0 Å². The molecule has 3 aromatic carbocycles. The van der Waals surface area contributed by atoms with E-state index < -0.39 is 0 Å². The van der Waals surface area contributed by atoms with Gasteiger partial charge in [-0.25, -0.2) is 9.98 Å². The number of amides is 1. The molecule has 5 rings (SSSR count). The van der Waals surface area contributed by atoms with Gasteiger partial charge in [0.05, 0.1) is 17.2 Å². The number of rotatable bonds is 8. The van der Waals surface area contributed by atoms with Crippen LogP contribution in [0.5, 0.6) is 11.5 Å². The number of pyridine rings is 1. The van der Waals surface area contributed by atoms with Crippen molar-refractivity contribution in [3.05, 3.63) is 118 Å². The minimum atomic E-state index is -0.156. The van der Waals surface area contributed by atoms with Crippen LogP contribution in [0.4, 0.5) is 11.5 Å². The maximum atomic E-state index is 13.5. The van der Waals surface area contributed by atoms with Crippen LogP contribution in [0.25, 0.3) is 6.08 Å². The van der Waals surface area contributed by atoms with E-state index in [0.717, 1.165) is 16.8 Å². The lowest BCUT2D eigenvalue weighted by Gasteiger charge is -2.15. The van der Waals surface area contributed by atoms with Gasteiger partial charge in [0.1, 0.15) is 6.61 Å². The number of hydrogen-bond acceptors (Lipinski definition) is 6. The molecule has 0 saturated carbocycles. The Kier molecular flexibility index (Phi) is 8.06. The standard InChI is InChI=1S/C30H24ClN3O3S/c1-2-36-26-18-22(13-16-25(26)37-20-21-11-14-23(31)15-12-21)19-27-29(35)34(24-8-4-3-5-9-24)30(38-27)33-28-10-6-7-17-32-28/h3-19H,2,20H2,1H3/b27-19-,33-30+. The topological polar surface area (TPSA) is 64.0 Å². The molecule has 1 amide bonds. The van der Waals surface area contributed by atoms with Gasteiger partial charge in [0.15, 0.2) is 22.5 Å². The van der Waals surface area contributed by atoms with Crippen LogP contribution >= 0.6 is 23.4 Å². The molecule has 6 nitrogen and oxygen atoms in total. The van der Waals surface area contributed by atoms with E-state index in [2.05, 4.69) is 9.98 Å². The fourth-order valence-corrected chi connectivity index (χ4v) is 4.88. The molecule has 2 heterocycles. The summed E-state index contributed by atoms with van der Waals surface area (Å²) in [5.41, 5.74) is 2.55. The second-order valence-electron chi connectivity index (χ2n) is 8.22. The van der Waals surface area contributed by atoms with Gasteiger partial charge in [-0.1, -0.05) is 54.1 Å². The number of carbonyl (C=O) groups excluding carboxylic acids is 1. The molecule has 190 valence electrons. The smallest absolute Gasteiger partial charge is 0.271 e. The van der Waals surface area contributed by atoms with E-state index >= 15 is 0 Å². The summed E-state index contributed by atoms with van der Waals surface area (Å²) in [4.78, 5) is 24.6. The number of aliphatic imine (C=N–C) groups is 1. The highest BCUT2D eigenvalue weighted by Crippen LogP contribution is 2.38. The monoisotopic (exact) mass is 541 g/mol. The zero-order valence-electron chi connectivity index (χ0n) is 20.6. The first-order chi connectivity index (χ1) is 18.6. The number of nitrogens with zero attached hydrogens (tertiary/aromatic N) is 3. The summed E-state index contributed by atoms with van der Waals surface area (Å²) in [7, 11) is 0. The average molecular weight is 542 g/mol. The van der Waals surface area contributed by atoms with E-state index in [9.17, 15) is 4.79 Å². The zero-order valence-corrected chi connectivity index (χ0v) is 22.2. The maximum absolute atomic E-state index is 13.5. The molecule has 0 N–H and O–H groups in total. The number of para-hydroxylation sites is 1. The Balaban J connectivity index is 1.43. The highest BCUT2D eigenvalue weighted by Gasteiger charge is 2.34. The van der Waals surface area contributed by atoms with Crippen LogP contribution in [0.3, 0.4) is 0 Å². The predicted octanol–water partition coefficient (Wildman–Crippen LogP) is 7.52. The van der Waals surface area contributed by atoms with Crippen molar-refractivity contribution in [2.24, 2.45) is 4.99 Å². The number of halogens is 1. The first kappa shape index (κ1) is 25.6. The Bertz CT molecular complexity index is 1480. The molecule has 0 spiro atoms. The van der Waals surface area contributed by atoms with Gasteiger partial charge in [0.25, 0.3) is 5.91 Å². The van der Waals surface area contributed by atoms with E-state index in [4.69, 9.17) is 21.1 Å². The molecule has 1 aliphatic rings. The van der Waals surface area contributed by atoms with Crippen molar-refractivity contribution >= 4 is 52.0 Å². The third kappa shape index (κ3) is 6.07. The quantitative estimate of drug-likeness (QED) is 0.216. The third-order valence-electron chi connectivity index (χ3n) is 5.55. The third-order valence-corrected chi connectivity index (χ3v) is 6.77. The fraction of sp³-hybridized carbons (Fsp3) is 0.100. The summed E-state index contributed by atoms with van der Waals surface area (Å²) >= 11 is 7.29. The van der Waals surface area contributed by atoms with Crippen LogP contribution in [0.2, 0.25) is 5.02 Å². The van der Waals surface area contributed by atoms with Crippen molar-refractivity contribution in [1.82, 2.24) is 4.98 Å². The van der Waals surface area contributed by atoms with Crippen molar-refractivity contribution in [3.63, 3.8) is 0 Å². The molecule has 0 bridgehead atoms. The van der Waals surface area contributed by atoms with E-state index in [1.54, 1.807) is 17.2 Å². The molecule has 0 radical (unpaired) electrons. The molecular formula is C30H24ClN3O3S. The molecule has 1 saturated heterocycles. The predicted molar refractivity (Wildman–Crippen MR) is 154 cm³/mol. The normalized spacial score (nSPS) is 15.3. The number of amidine groups is 1. The number of aromatic nitrogens is 1. The van der Waals surface area contributed by atoms with Gasteiger partial charge < -0.3 is 9.47 Å². The SMILES string of the molecule is CCOc1cc(/C=C2\S/C(=N/c3ccccn3)N(c3ccccc3)C2=O)ccc1OCc1ccc(Cl)cc1. The molecule has 1 aliphatic heterocycles. The van der Waals surface area contributed by atoms with Crippen molar-refractivity contribution < 1.29 is 14.3 Å². The summed E-state index contributed by atoms with van der Waals surface area (Å²) in [6.07, 6.45) is 3.52. The molecule has 0 aliphatic carbocycles. The summed E-state index contributed by atoms with van der Waals surface area (Å²) in [5, 5.41) is 1.22. The molecule has 0 atom stereocenters.